The van der Waals surface area contributed by atoms with Crippen LogP contribution >= 0.6 is 0 Å². The third kappa shape index (κ3) is 8.90. The van der Waals surface area contributed by atoms with Gasteiger partial charge in [0.05, 0.1) is 11.4 Å². The second-order valence-electron chi connectivity index (χ2n) is 3.42. The van der Waals surface area contributed by atoms with E-state index in [2.05, 4.69) is 29.3 Å². The third-order valence-corrected chi connectivity index (χ3v) is 2.21. The molecule has 0 aliphatic heterocycles. The fourth-order valence-electron chi connectivity index (χ4n) is 1.45. The summed E-state index contributed by atoms with van der Waals surface area (Å²) in [6, 6.07) is 0. The number of nitrogens with zero attached hydrogens (tertiary/aromatic N) is 2. The smallest absolute Gasteiger partial charge is 0.0856 e. The van der Waals surface area contributed by atoms with Crippen LogP contribution in [0, 0.1) is 0 Å². The SMILES string of the molecule is CC.CC.CCCCCc1n[nH]nc1CCC. The van der Waals surface area contributed by atoms with E-state index >= 15 is 0 Å². The number of hydrogen-bond acceptors (Lipinski definition) is 2. The molecule has 0 fully saturated rings. The van der Waals surface area contributed by atoms with Gasteiger partial charge < -0.3 is 0 Å². The molecular weight excluding hydrogens is 210 g/mol. The standard InChI is InChI=1S/C10H19N3.2C2H6/c1-3-5-6-8-10-9(7-4-2)11-13-12-10;2*1-2/h3-8H2,1-2H3,(H,11,12,13);2*1-2H3. The van der Waals surface area contributed by atoms with Crippen molar-refractivity contribution in [2.45, 2.75) is 80.1 Å². The number of nitrogens with one attached hydrogen (secondary N) is 1. The van der Waals surface area contributed by atoms with Crippen LogP contribution in [0.4, 0.5) is 0 Å². The van der Waals surface area contributed by atoms with Crippen LogP contribution in [-0.2, 0) is 12.8 Å². The number of H-pyrrole nitrogens is 1. The maximum Gasteiger partial charge on any atom is 0.0856 e. The van der Waals surface area contributed by atoms with Crippen LogP contribution in [-0.4, -0.2) is 15.4 Å². The van der Waals surface area contributed by atoms with Gasteiger partial charge in [0.2, 0.25) is 0 Å². The minimum atomic E-state index is 1.05. The van der Waals surface area contributed by atoms with Crippen molar-refractivity contribution in [3.8, 4) is 0 Å². The van der Waals surface area contributed by atoms with Gasteiger partial charge in [-0.05, 0) is 19.3 Å². The van der Waals surface area contributed by atoms with Crippen LogP contribution in [0.1, 0.15) is 78.6 Å². The predicted octanol–water partition coefficient (Wildman–Crippen LogP) is 4.54. The molecule has 0 radical (unpaired) electrons. The molecule has 1 aromatic heterocycles. The molecule has 0 aliphatic carbocycles. The van der Waals surface area contributed by atoms with Gasteiger partial charge in [0.15, 0.2) is 0 Å². The lowest BCUT2D eigenvalue weighted by Gasteiger charge is -1.97. The molecule has 1 aromatic rings. The maximum absolute atomic E-state index is 4.17. The summed E-state index contributed by atoms with van der Waals surface area (Å²) in [6.07, 6.45) is 7.07. The second-order valence-corrected chi connectivity index (χ2v) is 3.42. The van der Waals surface area contributed by atoms with Crippen molar-refractivity contribution in [1.82, 2.24) is 15.4 Å². The summed E-state index contributed by atoms with van der Waals surface area (Å²) >= 11 is 0. The van der Waals surface area contributed by atoms with Crippen LogP contribution in [0.5, 0.6) is 0 Å². The molecule has 1 heterocycles. The molecule has 0 saturated heterocycles. The Morgan fingerprint density at radius 3 is 1.76 bits per heavy atom. The normalized spacial score (nSPS) is 8.82. The molecule has 0 atom stereocenters. The van der Waals surface area contributed by atoms with Gasteiger partial charge in [-0.25, -0.2) is 0 Å². The van der Waals surface area contributed by atoms with Gasteiger partial charge in [-0.1, -0.05) is 60.8 Å². The molecule has 0 unspecified atom stereocenters. The largest absolute Gasteiger partial charge is 0.197 e. The minimum absolute atomic E-state index is 1.05. The van der Waals surface area contributed by atoms with Gasteiger partial charge >= 0.3 is 0 Å². The molecule has 3 heteroatoms. The predicted molar refractivity (Wildman–Crippen MR) is 76.3 cm³/mol. The van der Waals surface area contributed by atoms with Crippen LogP contribution in [0.2, 0.25) is 0 Å². The lowest BCUT2D eigenvalue weighted by atomic mass is 10.1. The molecular formula is C14H31N3. The number of rotatable bonds is 6. The molecule has 0 aliphatic rings. The zero-order valence-electron chi connectivity index (χ0n) is 12.6. The highest BCUT2D eigenvalue weighted by atomic mass is 15.3. The summed E-state index contributed by atoms with van der Waals surface area (Å²) in [4.78, 5) is 0. The molecule has 0 bridgehead atoms. The van der Waals surface area contributed by atoms with E-state index < -0.39 is 0 Å². The number of aromatic amines is 1. The number of aryl methyl sites for hydroxylation is 2. The maximum atomic E-state index is 4.17. The first-order valence-electron chi connectivity index (χ1n) is 7.27. The number of unbranched alkanes of at least 4 members (excludes halogenated alkanes) is 2. The lowest BCUT2D eigenvalue weighted by molar-refractivity contribution is 0.700. The Labute approximate surface area is 107 Å². The second kappa shape index (κ2) is 15.1. The van der Waals surface area contributed by atoms with E-state index in [4.69, 9.17) is 0 Å². The van der Waals surface area contributed by atoms with E-state index in [0.717, 1.165) is 19.3 Å². The number of aromatic nitrogens is 3. The van der Waals surface area contributed by atoms with Crippen molar-refractivity contribution in [1.29, 1.82) is 0 Å². The number of hydrogen-bond donors (Lipinski definition) is 1. The Hall–Kier alpha value is -0.860. The van der Waals surface area contributed by atoms with E-state index in [0.29, 0.717) is 0 Å². The first-order chi connectivity index (χ1) is 8.38. The first-order valence-corrected chi connectivity index (χ1v) is 7.27. The highest BCUT2D eigenvalue weighted by molar-refractivity contribution is 5.08. The average molecular weight is 241 g/mol. The summed E-state index contributed by atoms with van der Waals surface area (Å²) in [6.45, 7) is 12.4. The minimum Gasteiger partial charge on any atom is -0.197 e. The lowest BCUT2D eigenvalue weighted by Crippen LogP contribution is -1.93. The van der Waals surface area contributed by atoms with Crippen molar-refractivity contribution in [2.24, 2.45) is 0 Å². The van der Waals surface area contributed by atoms with Crippen LogP contribution < -0.4 is 0 Å². The van der Waals surface area contributed by atoms with Gasteiger partial charge in [-0.2, -0.15) is 15.4 Å². The average Bonchev–Trinajstić information content (AvgIpc) is 2.83. The van der Waals surface area contributed by atoms with Crippen molar-refractivity contribution in [2.75, 3.05) is 0 Å². The van der Waals surface area contributed by atoms with Gasteiger partial charge in [-0.3, -0.25) is 0 Å². The zero-order valence-corrected chi connectivity index (χ0v) is 12.6. The Balaban J connectivity index is 0. The Morgan fingerprint density at radius 2 is 1.29 bits per heavy atom. The fourth-order valence-corrected chi connectivity index (χ4v) is 1.45. The molecule has 0 saturated carbocycles. The molecule has 102 valence electrons. The van der Waals surface area contributed by atoms with Crippen LogP contribution in [0.25, 0.3) is 0 Å². The zero-order chi connectivity index (χ0) is 13.5. The van der Waals surface area contributed by atoms with Crippen molar-refractivity contribution < 1.29 is 0 Å². The van der Waals surface area contributed by atoms with Crippen LogP contribution in [0.15, 0.2) is 0 Å². The van der Waals surface area contributed by atoms with Gasteiger partial charge in [0.1, 0.15) is 0 Å². The molecule has 1 rings (SSSR count). The summed E-state index contributed by atoms with van der Waals surface area (Å²) < 4.78 is 0. The van der Waals surface area contributed by atoms with Crippen molar-refractivity contribution in [3.05, 3.63) is 11.4 Å². The molecule has 0 amide bonds. The van der Waals surface area contributed by atoms with Crippen molar-refractivity contribution >= 4 is 0 Å². The van der Waals surface area contributed by atoms with Gasteiger partial charge in [0, 0.05) is 0 Å². The summed E-state index contributed by atoms with van der Waals surface area (Å²) in [5.74, 6) is 0. The third-order valence-electron chi connectivity index (χ3n) is 2.21. The highest BCUT2D eigenvalue weighted by Gasteiger charge is 2.05. The molecule has 17 heavy (non-hydrogen) atoms. The molecule has 1 N–H and O–H groups in total. The van der Waals surface area contributed by atoms with Gasteiger partial charge in [0.25, 0.3) is 0 Å². The Kier molecular flexibility index (Phi) is 16.5. The molecule has 3 nitrogen and oxygen atoms in total. The first kappa shape index (κ1) is 18.5. The van der Waals surface area contributed by atoms with E-state index in [9.17, 15) is 0 Å². The summed E-state index contributed by atoms with van der Waals surface area (Å²) in [5, 5.41) is 11.0. The topological polar surface area (TPSA) is 41.6 Å². The fraction of sp³-hybridized carbons (Fsp3) is 0.857. The Morgan fingerprint density at radius 1 is 0.765 bits per heavy atom. The van der Waals surface area contributed by atoms with Gasteiger partial charge in [-0.15, -0.1) is 0 Å². The quantitative estimate of drug-likeness (QED) is 0.743. The Bertz CT molecular complexity index is 231. The summed E-state index contributed by atoms with van der Waals surface area (Å²) in [5.41, 5.74) is 2.34. The van der Waals surface area contributed by atoms with E-state index in [1.54, 1.807) is 0 Å². The molecule has 0 aromatic carbocycles. The highest BCUT2D eigenvalue weighted by Crippen LogP contribution is 2.08. The van der Waals surface area contributed by atoms with E-state index in [1.165, 1.54) is 30.7 Å². The van der Waals surface area contributed by atoms with E-state index in [1.807, 2.05) is 27.7 Å². The molecule has 0 spiro atoms. The monoisotopic (exact) mass is 241 g/mol. The van der Waals surface area contributed by atoms with Crippen molar-refractivity contribution in [3.63, 3.8) is 0 Å². The van der Waals surface area contributed by atoms with E-state index in [-0.39, 0.29) is 0 Å². The van der Waals surface area contributed by atoms with Crippen LogP contribution in [0.3, 0.4) is 0 Å². The summed E-state index contributed by atoms with van der Waals surface area (Å²) in [7, 11) is 0.